The van der Waals surface area contributed by atoms with Crippen LogP contribution in [0, 0.1) is 12.8 Å². The predicted octanol–water partition coefficient (Wildman–Crippen LogP) is 4.80. The van der Waals surface area contributed by atoms with Gasteiger partial charge in [0.2, 0.25) is 0 Å². The number of anilines is 1. The minimum Gasteiger partial charge on any atom is -0.497 e. The van der Waals surface area contributed by atoms with Gasteiger partial charge in [0.1, 0.15) is 11.4 Å². The van der Waals surface area contributed by atoms with E-state index in [-0.39, 0.29) is 5.91 Å². The number of thiazole rings is 1. The average molecular weight is 422 g/mol. The molecule has 1 amide bonds. The van der Waals surface area contributed by atoms with Gasteiger partial charge in [0.25, 0.3) is 5.91 Å². The molecular weight excluding hydrogens is 394 g/mol. The molecule has 1 heterocycles. The first-order valence-electron chi connectivity index (χ1n) is 10.3. The molecule has 6 heteroatoms. The number of rotatable bonds is 8. The molecular formula is C24H27N3O2S. The Hall–Kier alpha value is -2.86. The molecule has 0 unspecified atom stereocenters. The van der Waals surface area contributed by atoms with E-state index in [1.165, 1.54) is 24.2 Å². The highest BCUT2D eigenvalue weighted by molar-refractivity contribution is 7.19. The van der Waals surface area contributed by atoms with E-state index in [1.54, 1.807) is 7.11 Å². The number of methoxy groups -OCH3 is 1. The molecule has 1 aliphatic carbocycles. The van der Waals surface area contributed by atoms with Gasteiger partial charge in [-0.25, -0.2) is 4.98 Å². The van der Waals surface area contributed by atoms with Crippen molar-refractivity contribution in [2.45, 2.75) is 26.2 Å². The van der Waals surface area contributed by atoms with Crippen LogP contribution in [0.1, 0.15) is 34.5 Å². The number of nitrogens with zero attached hydrogens (tertiary/aromatic N) is 2. The molecule has 0 atom stereocenters. The minimum absolute atomic E-state index is 0.0331. The quantitative estimate of drug-likeness (QED) is 0.567. The molecule has 4 rings (SSSR count). The summed E-state index contributed by atoms with van der Waals surface area (Å²) in [4.78, 5) is 20.8. The lowest BCUT2D eigenvalue weighted by Gasteiger charge is -2.22. The molecule has 0 aliphatic heterocycles. The van der Waals surface area contributed by atoms with Gasteiger partial charge in [-0.3, -0.25) is 4.79 Å². The van der Waals surface area contributed by atoms with Gasteiger partial charge in [-0.2, -0.15) is 0 Å². The van der Waals surface area contributed by atoms with Crippen molar-refractivity contribution in [3.05, 3.63) is 65.4 Å². The van der Waals surface area contributed by atoms with Crippen LogP contribution >= 0.6 is 11.3 Å². The van der Waals surface area contributed by atoms with Crippen LogP contribution < -0.4 is 10.5 Å². The molecule has 0 radical (unpaired) electrons. The molecule has 3 aromatic rings. The second kappa shape index (κ2) is 8.88. The lowest BCUT2D eigenvalue weighted by atomic mass is 10.1. The van der Waals surface area contributed by atoms with Gasteiger partial charge in [-0.05, 0) is 55.4 Å². The zero-order chi connectivity index (χ0) is 21.1. The summed E-state index contributed by atoms with van der Waals surface area (Å²) in [7, 11) is 1.67. The molecule has 1 fully saturated rings. The average Bonchev–Trinajstić information content (AvgIpc) is 3.49. The Morgan fingerprint density at radius 3 is 2.77 bits per heavy atom. The molecule has 1 aromatic heterocycles. The van der Waals surface area contributed by atoms with Gasteiger partial charge in [0.15, 0.2) is 5.13 Å². The van der Waals surface area contributed by atoms with Gasteiger partial charge in [0, 0.05) is 13.1 Å². The number of amides is 1. The number of aromatic nitrogens is 1. The Bertz CT molecular complexity index is 1040. The molecule has 0 spiro atoms. The SMILES string of the molecule is COc1cccc(CCN(CC2CC2)C(=O)c2nc(N)sc2-c2cccc(C)c2)c1. The van der Waals surface area contributed by atoms with Crippen LogP contribution in [0.2, 0.25) is 0 Å². The summed E-state index contributed by atoms with van der Waals surface area (Å²) in [6.45, 7) is 3.46. The van der Waals surface area contributed by atoms with E-state index in [4.69, 9.17) is 10.5 Å². The smallest absolute Gasteiger partial charge is 0.274 e. The van der Waals surface area contributed by atoms with Crippen molar-refractivity contribution in [1.29, 1.82) is 0 Å². The summed E-state index contributed by atoms with van der Waals surface area (Å²) < 4.78 is 5.33. The highest BCUT2D eigenvalue weighted by atomic mass is 32.1. The Balaban J connectivity index is 1.58. The maximum atomic E-state index is 13.5. The number of nitrogens with two attached hydrogens (primary N) is 1. The van der Waals surface area contributed by atoms with Gasteiger partial charge < -0.3 is 15.4 Å². The Morgan fingerprint density at radius 2 is 2.03 bits per heavy atom. The number of carbonyl (C=O) groups excluding carboxylic acids is 1. The zero-order valence-corrected chi connectivity index (χ0v) is 18.2. The van der Waals surface area contributed by atoms with Crippen LogP contribution in [0.5, 0.6) is 5.75 Å². The maximum absolute atomic E-state index is 13.5. The minimum atomic E-state index is -0.0331. The van der Waals surface area contributed by atoms with Crippen LogP contribution in [-0.2, 0) is 6.42 Å². The molecule has 5 nitrogen and oxygen atoms in total. The van der Waals surface area contributed by atoms with Crippen molar-refractivity contribution in [2.75, 3.05) is 25.9 Å². The third-order valence-corrected chi connectivity index (χ3v) is 6.33. The number of nitrogen functional groups attached to an aromatic ring is 1. The molecule has 30 heavy (non-hydrogen) atoms. The topological polar surface area (TPSA) is 68.5 Å². The van der Waals surface area contributed by atoms with Crippen molar-refractivity contribution in [1.82, 2.24) is 9.88 Å². The molecule has 2 aromatic carbocycles. The van der Waals surface area contributed by atoms with Crippen molar-refractivity contribution in [3.63, 3.8) is 0 Å². The second-order valence-electron chi connectivity index (χ2n) is 7.90. The Morgan fingerprint density at radius 1 is 1.23 bits per heavy atom. The monoisotopic (exact) mass is 421 g/mol. The predicted molar refractivity (Wildman–Crippen MR) is 122 cm³/mol. The Labute approximate surface area is 181 Å². The largest absolute Gasteiger partial charge is 0.497 e. The standard InChI is InChI=1S/C24H27N3O2S/c1-16-5-3-7-19(13-16)22-21(26-24(25)30-22)23(28)27(15-18-9-10-18)12-11-17-6-4-8-20(14-17)29-2/h3-8,13-14,18H,9-12,15H2,1-2H3,(H2,25,26). The zero-order valence-electron chi connectivity index (χ0n) is 17.4. The van der Waals surface area contributed by atoms with Crippen LogP contribution in [0.25, 0.3) is 10.4 Å². The van der Waals surface area contributed by atoms with Crippen LogP contribution in [0.15, 0.2) is 48.5 Å². The molecule has 0 saturated heterocycles. The Kier molecular flexibility index (Phi) is 6.04. The van der Waals surface area contributed by atoms with Crippen molar-refractivity contribution < 1.29 is 9.53 Å². The molecule has 1 saturated carbocycles. The third kappa shape index (κ3) is 4.82. The van der Waals surface area contributed by atoms with Crippen molar-refractivity contribution in [3.8, 4) is 16.2 Å². The van der Waals surface area contributed by atoms with Crippen LogP contribution in [0.4, 0.5) is 5.13 Å². The van der Waals surface area contributed by atoms with E-state index < -0.39 is 0 Å². The molecule has 1 aliphatic rings. The fourth-order valence-electron chi connectivity index (χ4n) is 3.59. The van der Waals surface area contributed by atoms with Crippen molar-refractivity contribution in [2.24, 2.45) is 5.92 Å². The van der Waals surface area contributed by atoms with Crippen LogP contribution in [-0.4, -0.2) is 36.0 Å². The first-order chi connectivity index (χ1) is 14.5. The van der Waals surface area contributed by atoms with Gasteiger partial charge in [-0.15, -0.1) is 0 Å². The van der Waals surface area contributed by atoms with E-state index in [2.05, 4.69) is 17.1 Å². The lowest BCUT2D eigenvalue weighted by Crippen LogP contribution is -2.35. The van der Waals surface area contributed by atoms with E-state index in [0.29, 0.717) is 23.3 Å². The van der Waals surface area contributed by atoms with Gasteiger partial charge in [-0.1, -0.05) is 53.3 Å². The van der Waals surface area contributed by atoms with E-state index in [0.717, 1.165) is 40.3 Å². The fraction of sp³-hybridized carbons (Fsp3) is 0.333. The maximum Gasteiger partial charge on any atom is 0.274 e. The molecule has 2 N–H and O–H groups in total. The third-order valence-electron chi connectivity index (χ3n) is 5.39. The summed E-state index contributed by atoms with van der Waals surface area (Å²) in [5, 5.41) is 0.425. The first-order valence-corrected chi connectivity index (χ1v) is 11.1. The summed E-state index contributed by atoms with van der Waals surface area (Å²) in [6, 6.07) is 16.1. The number of carbonyl (C=O) groups is 1. The molecule has 156 valence electrons. The second-order valence-corrected chi connectivity index (χ2v) is 8.93. The lowest BCUT2D eigenvalue weighted by molar-refractivity contribution is 0.0745. The van der Waals surface area contributed by atoms with E-state index in [9.17, 15) is 4.79 Å². The fourth-order valence-corrected chi connectivity index (χ4v) is 4.41. The number of hydrogen-bond acceptors (Lipinski definition) is 5. The normalized spacial score (nSPS) is 13.3. The summed E-state index contributed by atoms with van der Waals surface area (Å²) in [6.07, 6.45) is 3.15. The number of hydrogen-bond donors (Lipinski definition) is 1. The summed E-state index contributed by atoms with van der Waals surface area (Å²) in [5.41, 5.74) is 9.78. The number of ether oxygens (including phenoxy) is 1. The van der Waals surface area contributed by atoms with Crippen LogP contribution in [0.3, 0.4) is 0 Å². The van der Waals surface area contributed by atoms with E-state index in [1.807, 2.05) is 48.2 Å². The summed E-state index contributed by atoms with van der Waals surface area (Å²) in [5.74, 6) is 1.40. The van der Waals surface area contributed by atoms with E-state index >= 15 is 0 Å². The first kappa shape index (κ1) is 20.4. The van der Waals surface area contributed by atoms with Gasteiger partial charge in [0.05, 0.1) is 12.0 Å². The number of benzene rings is 2. The molecule has 0 bridgehead atoms. The highest BCUT2D eigenvalue weighted by Gasteiger charge is 2.30. The summed E-state index contributed by atoms with van der Waals surface area (Å²) >= 11 is 1.38. The highest BCUT2D eigenvalue weighted by Crippen LogP contribution is 2.35. The number of aryl methyl sites for hydroxylation is 1. The van der Waals surface area contributed by atoms with Gasteiger partial charge >= 0.3 is 0 Å². The van der Waals surface area contributed by atoms with Crippen molar-refractivity contribution >= 4 is 22.4 Å².